The molecule has 0 fully saturated rings. The van der Waals surface area contributed by atoms with Crippen molar-refractivity contribution in [3.63, 3.8) is 0 Å². The van der Waals surface area contributed by atoms with Crippen molar-refractivity contribution >= 4 is 11.3 Å². The molecule has 2 N–H and O–H groups in total. The summed E-state index contributed by atoms with van der Waals surface area (Å²) in [6.07, 6.45) is 3.57. The Morgan fingerprint density at radius 2 is 1.75 bits per heavy atom. The molecule has 7 heteroatoms. The van der Waals surface area contributed by atoms with E-state index in [4.69, 9.17) is 15.2 Å². The number of nitrogen functional groups attached to an aromatic ring is 1. The Morgan fingerprint density at radius 3 is 2.33 bits per heavy atom. The molecule has 0 saturated carbocycles. The fourth-order valence-electron chi connectivity index (χ4n) is 2.74. The molecule has 2 heterocycles. The van der Waals surface area contributed by atoms with Crippen LogP contribution in [0.15, 0.2) is 30.7 Å². The van der Waals surface area contributed by atoms with E-state index >= 15 is 0 Å². The summed E-state index contributed by atoms with van der Waals surface area (Å²) >= 11 is 0. The molecule has 0 atom stereocenters. The highest BCUT2D eigenvalue weighted by molar-refractivity contribution is 5.76. The van der Waals surface area contributed by atoms with Gasteiger partial charge >= 0.3 is 0 Å². The SMILES string of the molecule is COc1cc(-c2cc(N)c3nncn3c2)cc(OC)c1CN(C)C. The maximum atomic E-state index is 6.08. The average Bonchev–Trinajstić information content (AvgIpc) is 3.03. The molecule has 0 unspecified atom stereocenters. The largest absolute Gasteiger partial charge is 0.496 e. The van der Waals surface area contributed by atoms with Gasteiger partial charge in [0, 0.05) is 18.3 Å². The van der Waals surface area contributed by atoms with Crippen molar-refractivity contribution in [3.05, 3.63) is 36.3 Å². The number of nitrogens with zero attached hydrogens (tertiary/aromatic N) is 4. The van der Waals surface area contributed by atoms with Gasteiger partial charge in [-0.05, 0) is 37.9 Å². The minimum atomic E-state index is 0.570. The Kier molecular flexibility index (Phi) is 4.26. The topological polar surface area (TPSA) is 77.9 Å². The number of methoxy groups -OCH3 is 2. The van der Waals surface area contributed by atoms with Gasteiger partial charge in [-0.25, -0.2) is 0 Å². The van der Waals surface area contributed by atoms with E-state index in [1.807, 2.05) is 38.5 Å². The fraction of sp³-hybridized carbons (Fsp3) is 0.294. The van der Waals surface area contributed by atoms with Crippen LogP contribution in [0.1, 0.15) is 5.56 Å². The van der Waals surface area contributed by atoms with Gasteiger partial charge in [0.1, 0.15) is 17.8 Å². The van der Waals surface area contributed by atoms with Crippen molar-refractivity contribution in [2.75, 3.05) is 34.0 Å². The Morgan fingerprint density at radius 1 is 1.08 bits per heavy atom. The molecule has 0 saturated heterocycles. The molecule has 0 spiro atoms. The summed E-state index contributed by atoms with van der Waals surface area (Å²) < 4.78 is 13.0. The second kappa shape index (κ2) is 6.37. The molecule has 0 aliphatic rings. The predicted molar refractivity (Wildman–Crippen MR) is 93.3 cm³/mol. The lowest BCUT2D eigenvalue weighted by Crippen LogP contribution is -2.12. The number of anilines is 1. The summed E-state index contributed by atoms with van der Waals surface area (Å²) in [5.41, 5.74) is 10.2. The van der Waals surface area contributed by atoms with Gasteiger partial charge in [0.25, 0.3) is 0 Å². The molecule has 3 aromatic rings. The van der Waals surface area contributed by atoms with E-state index in [0.717, 1.165) is 34.7 Å². The van der Waals surface area contributed by atoms with Crippen LogP contribution in [0.4, 0.5) is 5.69 Å². The molecule has 3 rings (SSSR count). The Labute approximate surface area is 140 Å². The van der Waals surface area contributed by atoms with Crippen LogP contribution in [0.3, 0.4) is 0 Å². The average molecular weight is 327 g/mol. The molecule has 0 radical (unpaired) electrons. The van der Waals surface area contributed by atoms with Crippen molar-refractivity contribution < 1.29 is 9.47 Å². The van der Waals surface area contributed by atoms with E-state index in [1.54, 1.807) is 24.9 Å². The molecule has 0 aliphatic carbocycles. The third-order valence-electron chi connectivity index (χ3n) is 3.84. The number of rotatable bonds is 5. The predicted octanol–water partition coefficient (Wildman–Crippen LogP) is 2.06. The van der Waals surface area contributed by atoms with Crippen molar-refractivity contribution in [2.24, 2.45) is 0 Å². The van der Waals surface area contributed by atoms with Crippen LogP contribution in [0.2, 0.25) is 0 Å². The molecule has 126 valence electrons. The number of hydrogen-bond donors (Lipinski definition) is 1. The zero-order chi connectivity index (χ0) is 17.3. The van der Waals surface area contributed by atoms with Crippen LogP contribution < -0.4 is 15.2 Å². The quantitative estimate of drug-likeness (QED) is 0.773. The third-order valence-corrected chi connectivity index (χ3v) is 3.84. The smallest absolute Gasteiger partial charge is 0.183 e. The van der Waals surface area contributed by atoms with Crippen LogP contribution in [0.5, 0.6) is 11.5 Å². The first-order chi connectivity index (χ1) is 11.5. The van der Waals surface area contributed by atoms with Crippen LogP contribution in [-0.2, 0) is 6.54 Å². The van der Waals surface area contributed by atoms with Gasteiger partial charge in [-0.1, -0.05) is 0 Å². The zero-order valence-electron chi connectivity index (χ0n) is 14.3. The van der Waals surface area contributed by atoms with E-state index in [9.17, 15) is 0 Å². The van der Waals surface area contributed by atoms with Gasteiger partial charge in [0.2, 0.25) is 0 Å². The molecule has 24 heavy (non-hydrogen) atoms. The summed E-state index contributed by atoms with van der Waals surface area (Å²) in [5, 5.41) is 7.89. The normalized spacial score (nSPS) is 11.2. The number of nitrogens with two attached hydrogens (primary N) is 1. The number of hydrogen-bond acceptors (Lipinski definition) is 6. The van der Waals surface area contributed by atoms with Crippen molar-refractivity contribution in [2.45, 2.75) is 6.54 Å². The maximum absolute atomic E-state index is 6.08. The lowest BCUT2D eigenvalue weighted by molar-refractivity contribution is 0.349. The molecular formula is C17H21N5O2. The molecule has 0 amide bonds. The summed E-state index contributed by atoms with van der Waals surface area (Å²) in [6.45, 7) is 0.721. The van der Waals surface area contributed by atoms with Gasteiger partial charge in [-0.2, -0.15) is 0 Å². The highest BCUT2D eigenvalue weighted by Crippen LogP contribution is 2.36. The van der Waals surface area contributed by atoms with E-state index in [1.165, 1.54) is 0 Å². The van der Waals surface area contributed by atoms with E-state index in [0.29, 0.717) is 11.3 Å². The second-order valence-corrected chi connectivity index (χ2v) is 5.84. The van der Waals surface area contributed by atoms with Gasteiger partial charge in [0.05, 0.1) is 25.5 Å². The van der Waals surface area contributed by atoms with Crippen molar-refractivity contribution in [3.8, 4) is 22.6 Å². The van der Waals surface area contributed by atoms with Gasteiger partial charge in [-0.3, -0.25) is 4.40 Å². The Bertz CT molecular complexity index is 848. The van der Waals surface area contributed by atoms with Crippen molar-refractivity contribution in [1.29, 1.82) is 0 Å². The molecule has 0 bridgehead atoms. The van der Waals surface area contributed by atoms with Crippen LogP contribution >= 0.6 is 0 Å². The summed E-state index contributed by atoms with van der Waals surface area (Å²) in [7, 11) is 7.34. The molecule has 2 aromatic heterocycles. The number of pyridine rings is 1. The highest BCUT2D eigenvalue weighted by atomic mass is 16.5. The van der Waals surface area contributed by atoms with Gasteiger partial charge in [-0.15, -0.1) is 10.2 Å². The number of fused-ring (bicyclic) bond motifs is 1. The number of benzene rings is 1. The lowest BCUT2D eigenvalue weighted by Gasteiger charge is -2.18. The van der Waals surface area contributed by atoms with Crippen LogP contribution in [0.25, 0.3) is 16.8 Å². The monoisotopic (exact) mass is 327 g/mol. The standard InChI is InChI=1S/C17H21N5O2/c1-21(2)9-13-15(23-3)6-11(7-16(13)24-4)12-5-14(18)17-20-19-10-22(17)8-12/h5-8,10H,9,18H2,1-4H3. The molecular weight excluding hydrogens is 306 g/mol. The first-order valence-corrected chi connectivity index (χ1v) is 7.52. The van der Waals surface area contributed by atoms with E-state index in [2.05, 4.69) is 15.1 Å². The lowest BCUT2D eigenvalue weighted by atomic mass is 10.0. The summed E-state index contributed by atoms with van der Waals surface area (Å²) in [5.74, 6) is 1.56. The van der Waals surface area contributed by atoms with E-state index < -0.39 is 0 Å². The zero-order valence-corrected chi connectivity index (χ0v) is 14.3. The molecule has 1 aromatic carbocycles. The van der Waals surface area contributed by atoms with Crippen LogP contribution in [0, 0.1) is 0 Å². The maximum Gasteiger partial charge on any atom is 0.183 e. The summed E-state index contributed by atoms with van der Waals surface area (Å²) in [6, 6.07) is 5.86. The Hall–Kier alpha value is -2.80. The van der Waals surface area contributed by atoms with Crippen LogP contribution in [-0.4, -0.2) is 47.8 Å². The minimum absolute atomic E-state index is 0.570. The first-order valence-electron chi connectivity index (χ1n) is 7.52. The van der Waals surface area contributed by atoms with E-state index in [-0.39, 0.29) is 0 Å². The Balaban J connectivity index is 2.16. The first kappa shape index (κ1) is 16.1. The second-order valence-electron chi connectivity index (χ2n) is 5.84. The molecule has 7 nitrogen and oxygen atoms in total. The molecule has 0 aliphatic heterocycles. The summed E-state index contributed by atoms with van der Waals surface area (Å²) in [4.78, 5) is 2.07. The number of ether oxygens (including phenoxy) is 2. The highest BCUT2D eigenvalue weighted by Gasteiger charge is 2.15. The van der Waals surface area contributed by atoms with Gasteiger partial charge in [0.15, 0.2) is 5.65 Å². The fourth-order valence-corrected chi connectivity index (χ4v) is 2.74. The van der Waals surface area contributed by atoms with Gasteiger partial charge < -0.3 is 20.1 Å². The third kappa shape index (κ3) is 2.85. The number of aromatic nitrogens is 3. The minimum Gasteiger partial charge on any atom is -0.496 e. The van der Waals surface area contributed by atoms with Crippen molar-refractivity contribution in [1.82, 2.24) is 19.5 Å².